The summed E-state index contributed by atoms with van der Waals surface area (Å²) in [4.78, 5) is 11.2. The van der Waals surface area contributed by atoms with Crippen LogP contribution >= 0.6 is 0 Å². The predicted molar refractivity (Wildman–Crippen MR) is 85.4 cm³/mol. The summed E-state index contributed by atoms with van der Waals surface area (Å²) in [6, 6.07) is 15.9. The van der Waals surface area contributed by atoms with Crippen LogP contribution in [0.2, 0.25) is 0 Å². The summed E-state index contributed by atoms with van der Waals surface area (Å²) >= 11 is 0. The summed E-state index contributed by atoms with van der Waals surface area (Å²) in [6.45, 7) is 3.65. The second-order valence-electron chi connectivity index (χ2n) is 5.07. The molecule has 0 radical (unpaired) electrons. The van der Waals surface area contributed by atoms with Crippen molar-refractivity contribution in [1.29, 1.82) is 0 Å². The highest BCUT2D eigenvalue weighted by atomic mass is 16.3. The van der Waals surface area contributed by atoms with Crippen molar-refractivity contribution < 1.29 is 9.90 Å². The predicted octanol–water partition coefficient (Wildman–Crippen LogP) is 3.10. The zero-order valence-electron chi connectivity index (χ0n) is 12.3. The molecule has 0 unspecified atom stereocenters. The SMILES string of the molecule is Cc1cccc([C@@H](C)Nc2cccc(NC(=O)CO)c2)c1. The molecule has 1 amide bonds. The third-order valence-electron chi connectivity index (χ3n) is 3.22. The highest BCUT2D eigenvalue weighted by molar-refractivity contribution is 5.91. The summed E-state index contributed by atoms with van der Waals surface area (Å²) < 4.78 is 0. The van der Waals surface area contributed by atoms with Gasteiger partial charge in [0.25, 0.3) is 0 Å². The minimum atomic E-state index is -0.517. The highest BCUT2D eigenvalue weighted by Crippen LogP contribution is 2.22. The summed E-state index contributed by atoms with van der Waals surface area (Å²) in [5, 5.41) is 14.8. The van der Waals surface area contributed by atoms with E-state index in [0.717, 1.165) is 5.69 Å². The zero-order valence-corrected chi connectivity index (χ0v) is 12.3. The smallest absolute Gasteiger partial charge is 0.250 e. The van der Waals surface area contributed by atoms with Crippen LogP contribution in [-0.2, 0) is 4.79 Å². The maximum atomic E-state index is 11.2. The number of hydrogen-bond donors (Lipinski definition) is 3. The van der Waals surface area contributed by atoms with Gasteiger partial charge in [0.2, 0.25) is 5.91 Å². The second-order valence-corrected chi connectivity index (χ2v) is 5.07. The van der Waals surface area contributed by atoms with E-state index in [0.29, 0.717) is 5.69 Å². The van der Waals surface area contributed by atoms with Crippen LogP contribution in [0.15, 0.2) is 48.5 Å². The van der Waals surface area contributed by atoms with Gasteiger partial charge in [0, 0.05) is 17.4 Å². The van der Waals surface area contributed by atoms with E-state index in [9.17, 15) is 4.79 Å². The third-order valence-corrected chi connectivity index (χ3v) is 3.22. The molecule has 0 spiro atoms. The van der Waals surface area contributed by atoms with Crippen molar-refractivity contribution in [3.63, 3.8) is 0 Å². The molecule has 21 heavy (non-hydrogen) atoms. The Bertz CT molecular complexity index is 626. The standard InChI is InChI=1S/C17H20N2O2/c1-12-5-3-6-14(9-12)13(2)18-15-7-4-8-16(10-15)19-17(21)11-20/h3-10,13,18,20H,11H2,1-2H3,(H,19,21)/t13-/m1/s1. The molecule has 0 aliphatic carbocycles. The van der Waals surface area contributed by atoms with E-state index in [1.165, 1.54) is 11.1 Å². The van der Waals surface area contributed by atoms with Crippen LogP contribution in [0, 0.1) is 6.92 Å². The van der Waals surface area contributed by atoms with Crippen molar-refractivity contribution in [2.45, 2.75) is 19.9 Å². The average Bonchev–Trinajstić information content (AvgIpc) is 2.47. The molecule has 1 atom stereocenters. The molecule has 0 fully saturated rings. The Labute approximate surface area is 124 Å². The molecule has 0 aromatic heterocycles. The van der Waals surface area contributed by atoms with E-state index < -0.39 is 12.5 Å². The number of aliphatic hydroxyl groups excluding tert-OH is 1. The Morgan fingerprint density at radius 3 is 2.57 bits per heavy atom. The Morgan fingerprint density at radius 1 is 1.14 bits per heavy atom. The molecular weight excluding hydrogens is 264 g/mol. The van der Waals surface area contributed by atoms with Crippen LogP contribution in [-0.4, -0.2) is 17.6 Å². The molecule has 0 saturated carbocycles. The van der Waals surface area contributed by atoms with Gasteiger partial charge in [-0.2, -0.15) is 0 Å². The first-order valence-corrected chi connectivity index (χ1v) is 6.92. The zero-order chi connectivity index (χ0) is 15.2. The molecular formula is C17H20N2O2. The number of carbonyl (C=O) groups excluding carboxylic acids is 1. The van der Waals surface area contributed by atoms with Crippen LogP contribution in [0.1, 0.15) is 24.1 Å². The van der Waals surface area contributed by atoms with Gasteiger partial charge in [0.1, 0.15) is 6.61 Å². The van der Waals surface area contributed by atoms with E-state index in [-0.39, 0.29) is 6.04 Å². The molecule has 4 nitrogen and oxygen atoms in total. The van der Waals surface area contributed by atoms with Gasteiger partial charge < -0.3 is 15.7 Å². The van der Waals surface area contributed by atoms with E-state index in [2.05, 4.69) is 42.7 Å². The van der Waals surface area contributed by atoms with Crippen LogP contribution < -0.4 is 10.6 Å². The van der Waals surface area contributed by atoms with Gasteiger partial charge in [-0.3, -0.25) is 4.79 Å². The molecule has 2 aromatic rings. The molecule has 0 aliphatic rings. The summed E-state index contributed by atoms with van der Waals surface area (Å²) in [5.74, 6) is -0.418. The molecule has 2 rings (SSSR count). The lowest BCUT2D eigenvalue weighted by Gasteiger charge is -2.17. The van der Waals surface area contributed by atoms with E-state index in [4.69, 9.17) is 5.11 Å². The van der Waals surface area contributed by atoms with Gasteiger partial charge in [0.05, 0.1) is 0 Å². The van der Waals surface area contributed by atoms with Gasteiger partial charge in [-0.1, -0.05) is 35.9 Å². The fraction of sp³-hybridized carbons (Fsp3) is 0.235. The maximum absolute atomic E-state index is 11.2. The topological polar surface area (TPSA) is 61.4 Å². The van der Waals surface area contributed by atoms with E-state index in [1.807, 2.05) is 24.3 Å². The number of hydrogen-bond acceptors (Lipinski definition) is 3. The third kappa shape index (κ3) is 4.33. The lowest BCUT2D eigenvalue weighted by Crippen LogP contribution is -2.15. The Hall–Kier alpha value is -2.33. The fourth-order valence-corrected chi connectivity index (χ4v) is 2.16. The number of anilines is 2. The summed E-state index contributed by atoms with van der Waals surface area (Å²) in [7, 11) is 0. The fourth-order valence-electron chi connectivity index (χ4n) is 2.16. The van der Waals surface area contributed by atoms with Crippen LogP contribution in [0.5, 0.6) is 0 Å². The Kier molecular flexibility index (Phi) is 4.95. The number of amides is 1. The van der Waals surface area contributed by atoms with Crippen molar-refractivity contribution in [1.82, 2.24) is 0 Å². The van der Waals surface area contributed by atoms with Gasteiger partial charge in [-0.25, -0.2) is 0 Å². The maximum Gasteiger partial charge on any atom is 0.250 e. The lowest BCUT2D eigenvalue weighted by molar-refractivity contribution is -0.118. The molecule has 3 N–H and O–H groups in total. The number of aliphatic hydroxyl groups is 1. The lowest BCUT2D eigenvalue weighted by atomic mass is 10.1. The number of rotatable bonds is 5. The monoisotopic (exact) mass is 284 g/mol. The van der Waals surface area contributed by atoms with E-state index >= 15 is 0 Å². The largest absolute Gasteiger partial charge is 0.387 e. The van der Waals surface area contributed by atoms with Gasteiger partial charge >= 0.3 is 0 Å². The first kappa shape index (κ1) is 15.1. The molecule has 4 heteroatoms. The number of nitrogens with one attached hydrogen (secondary N) is 2. The molecule has 0 bridgehead atoms. The minimum absolute atomic E-state index is 0.161. The van der Waals surface area contributed by atoms with Crippen LogP contribution in [0.3, 0.4) is 0 Å². The number of aryl methyl sites for hydroxylation is 1. The van der Waals surface area contributed by atoms with Crippen LogP contribution in [0.4, 0.5) is 11.4 Å². The first-order valence-electron chi connectivity index (χ1n) is 6.92. The number of carbonyl (C=O) groups is 1. The Balaban J connectivity index is 2.08. The van der Waals surface area contributed by atoms with Crippen molar-refractivity contribution in [2.24, 2.45) is 0 Å². The molecule has 0 aliphatic heterocycles. The van der Waals surface area contributed by atoms with Gasteiger partial charge in [0.15, 0.2) is 0 Å². The first-order chi connectivity index (χ1) is 10.1. The Morgan fingerprint density at radius 2 is 1.86 bits per heavy atom. The molecule has 2 aromatic carbocycles. The van der Waals surface area contributed by atoms with Crippen molar-refractivity contribution in [3.05, 3.63) is 59.7 Å². The summed E-state index contributed by atoms with van der Waals surface area (Å²) in [5.41, 5.74) is 4.01. The van der Waals surface area contributed by atoms with Crippen molar-refractivity contribution in [2.75, 3.05) is 17.2 Å². The highest BCUT2D eigenvalue weighted by Gasteiger charge is 2.06. The van der Waals surface area contributed by atoms with Crippen molar-refractivity contribution >= 4 is 17.3 Å². The molecule has 110 valence electrons. The van der Waals surface area contributed by atoms with E-state index in [1.54, 1.807) is 6.07 Å². The molecule has 0 heterocycles. The minimum Gasteiger partial charge on any atom is -0.387 e. The second kappa shape index (κ2) is 6.90. The quantitative estimate of drug-likeness (QED) is 0.790. The molecule has 0 saturated heterocycles. The normalized spacial score (nSPS) is 11.8. The number of benzene rings is 2. The average molecular weight is 284 g/mol. The van der Waals surface area contributed by atoms with Crippen LogP contribution in [0.25, 0.3) is 0 Å². The van der Waals surface area contributed by atoms with Gasteiger partial charge in [-0.05, 0) is 37.6 Å². The van der Waals surface area contributed by atoms with Crippen molar-refractivity contribution in [3.8, 4) is 0 Å². The summed E-state index contributed by atoms with van der Waals surface area (Å²) in [6.07, 6.45) is 0. The van der Waals surface area contributed by atoms with Gasteiger partial charge in [-0.15, -0.1) is 0 Å².